The molecule has 0 aliphatic rings. The lowest BCUT2D eigenvalue weighted by atomic mass is 9.91. The summed E-state index contributed by atoms with van der Waals surface area (Å²) in [5.74, 6) is 0. The maximum Gasteiger partial charge on any atom is 0.0468 e. The second-order valence-corrected chi connectivity index (χ2v) is 13.4. The Balaban J connectivity index is 1.18. The van der Waals surface area contributed by atoms with Gasteiger partial charge in [-0.1, -0.05) is 182 Å². The molecule has 0 saturated carbocycles. The molecule has 0 bridgehead atoms. The van der Waals surface area contributed by atoms with Crippen molar-refractivity contribution in [3.05, 3.63) is 224 Å². The van der Waals surface area contributed by atoms with Crippen LogP contribution in [0.2, 0.25) is 0 Å². The Bertz CT molecular complexity index is 2540. The third-order valence-electron chi connectivity index (χ3n) is 10.1. The van der Waals surface area contributed by atoms with Gasteiger partial charge < -0.3 is 4.90 Å². The lowest BCUT2D eigenvalue weighted by molar-refractivity contribution is 1.28. The van der Waals surface area contributed by atoms with Crippen LogP contribution in [0.1, 0.15) is 0 Å². The molecule has 0 atom stereocenters. The molecule has 0 radical (unpaired) electrons. The summed E-state index contributed by atoms with van der Waals surface area (Å²) < 4.78 is 0. The highest BCUT2D eigenvalue weighted by Crippen LogP contribution is 2.42. The number of anilines is 3. The van der Waals surface area contributed by atoms with Gasteiger partial charge in [-0.05, 0) is 109 Å². The van der Waals surface area contributed by atoms with Gasteiger partial charge >= 0.3 is 0 Å². The van der Waals surface area contributed by atoms with E-state index in [1.807, 2.05) is 0 Å². The average molecular weight is 676 g/mol. The summed E-state index contributed by atoms with van der Waals surface area (Å²) in [6.07, 6.45) is 0. The fraction of sp³-hybridized carbons (Fsp3) is 0. The molecule has 0 saturated heterocycles. The number of rotatable bonds is 8. The third kappa shape index (κ3) is 6.53. The first-order chi connectivity index (χ1) is 26.3. The molecule has 250 valence electrons. The van der Waals surface area contributed by atoms with Crippen LogP contribution in [0, 0.1) is 0 Å². The predicted octanol–water partition coefficient (Wildman–Crippen LogP) is 14.6. The van der Waals surface area contributed by atoms with Crippen molar-refractivity contribution < 1.29 is 0 Å². The number of benzene rings is 9. The molecular formula is C52H37N. The van der Waals surface area contributed by atoms with Gasteiger partial charge in [0.05, 0.1) is 0 Å². The molecule has 0 aromatic heterocycles. The van der Waals surface area contributed by atoms with Crippen LogP contribution in [-0.4, -0.2) is 0 Å². The topological polar surface area (TPSA) is 3.24 Å². The number of hydrogen-bond acceptors (Lipinski definition) is 1. The van der Waals surface area contributed by atoms with Gasteiger partial charge in [-0.2, -0.15) is 0 Å². The number of fused-ring (bicyclic) bond motifs is 1. The molecule has 9 rings (SSSR count). The van der Waals surface area contributed by atoms with Crippen LogP contribution < -0.4 is 4.90 Å². The van der Waals surface area contributed by atoms with Crippen molar-refractivity contribution in [2.24, 2.45) is 0 Å². The van der Waals surface area contributed by atoms with E-state index in [4.69, 9.17) is 0 Å². The predicted molar refractivity (Wildman–Crippen MR) is 226 cm³/mol. The van der Waals surface area contributed by atoms with E-state index in [1.165, 1.54) is 66.4 Å². The van der Waals surface area contributed by atoms with Crippen LogP contribution in [0.4, 0.5) is 17.1 Å². The summed E-state index contributed by atoms with van der Waals surface area (Å²) in [5.41, 5.74) is 15.3. The summed E-state index contributed by atoms with van der Waals surface area (Å²) in [5, 5.41) is 2.51. The number of hydrogen-bond donors (Lipinski definition) is 0. The highest BCUT2D eigenvalue weighted by atomic mass is 15.1. The highest BCUT2D eigenvalue weighted by Gasteiger charge is 2.17. The molecule has 9 aromatic carbocycles. The fourth-order valence-corrected chi connectivity index (χ4v) is 7.43. The van der Waals surface area contributed by atoms with Gasteiger partial charge in [0.25, 0.3) is 0 Å². The molecule has 9 aromatic rings. The van der Waals surface area contributed by atoms with E-state index in [2.05, 4.69) is 229 Å². The average Bonchev–Trinajstić information content (AvgIpc) is 3.25. The largest absolute Gasteiger partial charge is 0.310 e. The fourth-order valence-electron chi connectivity index (χ4n) is 7.43. The van der Waals surface area contributed by atoms with Gasteiger partial charge in [-0.15, -0.1) is 0 Å². The molecule has 0 fully saturated rings. The highest BCUT2D eigenvalue weighted by molar-refractivity contribution is 5.98. The summed E-state index contributed by atoms with van der Waals surface area (Å²) in [6, 6.07) is 80.8. The zero-order chi connectivity index (χ0) is 35.4. The van der Waals surface area contributed by atoms with Crippen molar-refractivity contribution >= 4 is 27.8 Å². The Kier molecular flexibility index (Phi) is 8.66. The van der Waals surface area contributed by atoms with Crippen molar-refractivity contribution in [1.82, 2.24) is 0 Å². The third-order valence-corrected chi connectivity index (χ3v) is 10.1. The maximum atomic E-state index is 2.37. The molecule has 0 unspecified atom stereocenters. The van der Waals surface area contributed by atoms with Crippen LogP contribution in [-0.2, 0) is 0 Å². The summed E-state index contributed by atoms with van der Waals surface area (Å²) in [4.78, 5) is 2.37. The van der Waals surface area contributed by atoms with E-state index >= 15 is 0 Å². The van der Waals surface area contributed by atoms with Crippen molar-refractivity contribution in [2.75, 3.05) is 4.90 Å². The quantitative estimate of drug-likeness (QED) is 0.155. The van der Waals surface area contributed by atoms with Crippen LogP contribution in [0.25, 0.3) is 66.4 Å². The van der Waals surface area contributed by atoms with Crippen LogP contribution in [0.15, 0.2) is 224 Å². The molecule has 1 nitrogen and oxygen atoms in total. The molecule has 0 aliphatic heterocycles. The van der Waals surface area contributed by atoms with Gasteiger partial charge in [0.15, 0.2) is 0 Å². The van der Waals surface area contributed by atoms with Crippen molar-refractivity contribution in [3.8, 4) is 55.6 Å². The zero-order valence-corrected chi connectivity index (χ0v) is 29.3. The van der Waals surface area contributed by atoms with Gasteiger partial charge in [-0.25, -0.2) is 0 Å². The van der Waals surface area contributed by atoms with E-state index in [1.54, 1.807) is 0 Å². The number of nitrogens with zero attached hydrogens (tertiary/aromatic N) is 1. The Morgan fingerprint density at radius 3 is 1.26 bits per heavy atom. The van der Waals surface area contributed by atoms with Gasteiger partial charge in [0, 0.05) is 17.1 Å². The Labute approximate surface area is 311 Å². The van der Waals surface area contributed by atoms with Gasteiger partial charge in [0.1, 0.15) is 0 Å². The molecule has 0 aliphatic carbocycles. The maximum absolute atomic E-state index is 2.37. The lowest BCUT2D eigenvalue weighted by Crippen LogP contribution is -2.10. The molecule has 1 heteroatoms. The normalized spacial score (nSPS) is 11.0. The molecule has 0 heterocycles. The van der Waals surface area contributed by atoms with Gasteiger partial charge in [-0.3, -0.25) is 0 Å². The standard InChI is InChI=1S/C52H37N/c1-4-14-38(15-5-1)40-26-30-46(31-27-40)53(47-32-28-41(29-33-47)39-16-6-2-7-17-39)48-34-35-51(52(37-48)43-18-8-3-9-19-43)45-23-12-22-44(36-45)50-25-13-21-42-20-10-11-24-49(42)50/h1-37H. The summed E-state index contributed by atoms with van der Waals surface area (Å²) in [6.45, 7) is 0. The first kappa shape index (κ1) is 32.0. The Morgan fingerprint density at radius 2 is 0.660 bits per heavy atom. The van der Waals surface area contributed by atoms with E-state index in [0.29, 0.717) is 0 Å². The second kappa shape index (κ2) is 14.3. The Morgan fingerprint density at radius 1 is 0.226 bits per heavy atom. The molecule has 53 heavy (non-hydrogen) atoms. The van der Waals surface area contributed by atoms with Crippen molar-refractivity contribution in [2.45, 2.75) is 0 Å². The molecule has 0 N–H and O–H groups in total. The lowest BCUT2D eigenvalue weighted by Gasteiger charge is -2.27. The first-order valence-electron chi connectivity index (χ1n) is 18.2. The van der Waals surface area contributed by atoms with Crippen LogP contribution in [0.5, 0.6) is 0 Å². The van der Waals surface area contributed by atoms with Crippen molar-refractivity contribution in [1.29, 1.82) is 0 Å². The Hall–Kier alpha value is -6.96. The van der Waals surface area contributed by atoms with E-state index in [9.17, 15) is 0 Å². The smallest absolute Gasteiger partial charge is 0.0468 e. The molecular weight excluding hydrogens is 639 g/mol. The first-order valence-corrected chi connectivity index (χ1v) is 18.2. The molecule has 0 amide bonds. The van der Waals surface area contributed by atoms with Crippen molar-refractivity contribution in [3.63, 3.8) is 0 Å². The SMILES string of the molecule is c1ccc(-c2ccc(N(c3ccc(-c4ccccc4)cc3)c3ccc(-c4cccc(-c5cccc6ccccc56)c4)c(-c4ccccc4)c3)cc2)cc1. The van der Waals surface area contributed by atoms with Crippen LogP contribution in [0.3, 0.4) is 0 Å². The summed E-state index contributed by atoms with van der Waals surface area (Å²) in [7, 11) is 0. The second-order valence-electron chi connectivity index (χ2n) is 13.4. The minimum Gasteiger partial charge on any atom is -0.310 e. The van der Waals surface area contributed by atoms with Gasteiger partial charge in [0.2, 0.25) is 0 Å². The van der Waals surface area contributed by atoms with Crippen LogP contribution >= 0.6 is 0 Å². The minimum atomic E-state index is 1.10. The zero-order valence-electron chi connectivity index (χ0n) is 29.3. The van der Waals surface area contributed by atoms with E-state index in [0.717, 1.165) is 17.1 Å². The monoisotopic (exact) mass is 675 g/mol. The van der Waals surface area contributed by atoms with E-state index < -0.39 is 0 Å². The molecule has 0 spiro atoms. The minimum absolute atomic E-state index is 1.10. The van der Waals surface area contributed by atoms with E-state index in [-0.39, 0.29) is 0 Å². The summed E-state index contributed by atoms with van der Waals surface area (Å²) >= 11 is 0.